The Hall–Kier alpha value is -0.990. The standard InChI is InChI=1S/C14H17ClN2/c1-17-9-6-10-12(17)5-4-11(13(10)15)14(16)7-2-3-8-14/h4-6,9H,2-3,7-8,16H2,1H3. The van der Waals surface area contributed by atoms with E-state index in [-0.39, 0.29) is 5.54 Å². The number of hydrogen-bond acceptors (Lipinski definition) is 1. The van der Waals surface area contributed by atoms with Gasteiger partial charge < -0.3 is 10.3 Å². The van der Waals surface area contributed by atoms with Crippen molar-refractivity contribution in [2.75, 3.05) is 0 Å². The Morgan fingerprint density at radius 3 is 2.65 bits per heavy atom. The van der Waals surface area contributed by atoms with Gasteiger partial charge in [-0.3, -0.25) is 0 Å². The first kappa shape index (κ1) is 11.1. The van der Waals surface area contributed by atoms with Crippen molar-refractivity contribution in [3.05, 3.63) is 35.0 Å². The molecule has 1 heterocycles. The molecule has 3 rings (SSSR count). The summed E-state index contributed by atoms with van der Waals surface area (Å²) in [6.45, 7) is 0. The van der Waals surface area contributed by atoms with E-state index in [9.17, 15) is 0 Å². The van der Waals surface area contributed by atoms with E-state index in [0.29, 0.717) is 0 Å². The molecule has 1 aromatic heterocycles. The predicted molar refractivity (Wildman–Crippen MR) is 72.3 cm³/mol. The lowest BCUT2D eigenvalue weighted by Gasteiger charge is -2.25. The van der Waals surface area contributed by atoms with Gasteiger partial charge in [0, 0.05) is 29.7 Å². The van der Waals surface area contributed by atoms with Crippen LogP contribution in [0.15, 0.2) is 24.4 Å². The lowest BCUT2D eigenvalue weighted by Crippen LogP contribution is -2.33. The van der Waals surface area contributed by atoms with Crippen molar-refractivity contribution >= 4 is 22.5 Å². The van der Waals surface area contributed by atoms with Gasteiger partial charge in [-0.05, 0) is 30.5 Å². The highest BCUT2D eigenvalue weighted by Gasteiger charge is 2.33. The highest BCUT2D eigenvalue weighted by atomic mass is 35.5. The van der Waals surface area contributed by atoms with Crippen LogP contribution in [0.3, 0.4) is 0 Å². The van der Waals surface area contributed by atoms with Crippen LogP contribution in [0.2, 0.25) is 5.02 Å². The van der Waals surface area contributed by atoms with E-state index < -0.39 is 0 Å². The topological polar surface area (TPSA) is 30.9 Å². The Morgan fingerprint density at radius 2 is 1.94 bits per heavy atom. The third-order valence-electron chi connectivity index (χ3n) is 4.03. The van der Waals surface area contributed by atoms with E-state index in [4.69, 9.17) is 17.3 Å². The van der Waals surface area contributed by atoms with Gasteiger partial charge in [0.05, 0.1) is 5.02 Å². The van der Waals surface area contributed by atoms with Crippen molar-refractivity contribution in [2.45, 2.75) is 31.2 Å². The number of aromatic nitrogens is 1. The molecule has 1 fully saturated rings. The summed E-state index contributed by atoms with van der Waals surface area (Å²) in [6.07, 6.45) is 6.55. The summed E-state index contributed by atoms with van der Waals surface area (Å²) in [5.41, 5.74) is 8.57. The second kappa shape index (κ2) is 3.76. The van der Waals surface area contributed by atoms with E-state index in [1.54, 1.807) is 0 Å². The predicted octanol–water partition coefficient (Wildman–Crippen LogP) is 3.56. The average molecular weight is 249 g/mol. The summed E-state index contributed by atoms with van der Waals surface area (Å²) in [5.74, 6) is 0. The Balaban J connectivity index is 2.21. The van der Waals surface area contributed by atoms with Crippen LogP contribution in [0.4, 0.5) is 0 Å². The second-order valence-electron chi connectivity index (χ2n) is 5.15. The number of aryl methyl sites for hydroxylation is 1. The fourth-order valence-corrected chi connectivity index (χ4v) is 3.39. The zero-order chi connectivity index (χ0) is 12.0. The lowest BCUT2D eigenvalue weighted by atomic mass is 9.88. The minimum Gasteiger partial charge on any atom is -0.351 e. The van der Waals surface area contributed by atoms with E-state index in [0.717, 1.165) is 28.8 Å². The summed E-state index contributed by atoms with van der Waals surface area (Å²) >= 11 is 6.53. The van der Waals surface area contributed by atoms with Crippen LogP contribution in [-0.4, -0.2) is 4.57 Å². The lowest BCUT2D eigenvalue weighted by molar-refractivity contribution is 0.462. The fraction of sp³-hybridized carbons (Fsp3) is 0.429. The Kier molecular flexibility index (Phi) is 2.46. The molecule has 1 saturated carbocycles. The van der Waals surface area contributed by atoms with Crippen LogP contribution in [0, 0.1) is 0 Å². The smallest absolute Gasteiger partial charge is 0.0550 e. The van der Waals surface area contributed by atoms with Gasteiger partial charge in [-0.2, -0.15) is 0 Å². The summed E-state index contributed by atoms with van der Waals surface area (Å²) in [4.78, 5) is 0. The largest absolute Gasteiger partial charge is 0.351 e. The van der Waals surface area contributed by atoms with Gasteiger partial charge in [-0.1, -0.05) is 30.5 Å². The molecule has 2 aromatic rings. The molecule has 1 aliphatic carbocycles. The molecular formula is C14H17ClN2. The maximum atomic E-state index is 6.53. The summed E-state index contributed by atoms with van der Waals surface area (Å²) in [5, 5.41) is 1.95. The molecule has 0 atom stereocenters. The molecular weight excluding hydrogens is 232 g/mol. The van der Waals surface area contributed by atoms with Crippen LogP contribution >= 0.6 is 11.6 Å². The summed E-state index contributed by atoms with van der Waals surface area (Å²) < 4.78 is 2.09. The van der Waals surface area contributed by atoms with Crippen molar-refractivity contribution in [3.8, 4) is 0 Å². The van der Waals surface area contributed by atoms with Gasteiger partial charge in [0.1, 0.15) is 0 Å². The van der Waals surface area contributed by atoms with Crippen LogP contribution in [0.1, 0.15) is 31.2 Å². The van der Waals surface area contributed by atoms with Gasteiger partial charge >= 0.3 is 0 Å². The highest BCUT2D eigenvalue weighted by molar-refractivity contribution is 6.36. The number of nitrogens with zero attached hydrogens (tertiary/aromatic N) is 1. The number of fused-ring (bicyclic) bond motifs is 1. The number of benzene rings is 1. The van der Waals surface area contributed by atoms with Gasteiger partial charge in [-0.25, -0.2) is 0 Å². The Labute approximate surface area is 106 Å². The van der Waals surface area contributed by atoms with Gasteiger partial charge in [0.2, 0.25) is 0 Å². The third kappa shape index (κ3) is 1.59. The molecule has 2 N–H and O–H groups in total. The summed E-state index contributed by atoms with van der Waals surface area (Å²) in [6, 6.07) is 6.30. The molecule has 90 valence electrons. The molecule has 17 heavy (non-hydrogen) atoms. The van der Waals surface area contributed by atoms with Gasteiger partial charge in [0.25, 0.3) is 0 Å². The highest BCUT2D eigenvalue weighted by Crippen LogP contribution is 2.41. The number of hydrogen-bond donors (Lipinski definition) is 1. The zero-order valence-electron chi connectivity index (χ0n) is 10.0. The number of rotatable bonds is 1. The first-order valence-corrected chi connectivity index (χ1v) is 6.52. The van der Waals surface area contributed by atoms with Crippen molar-refractivity contribution in [2.24, 2.45) is 12.8 Å². The molecule has 0 amide bonds. The van der Waals surface area contributed by atoms with E-state index >= 15 is 0 Å². The van der Waals surface area contributed by atoms with Crippen LogP contribution in [-0.2, 0) is 12.6 Å². The SMILES string of the molecule is Cn1ccc2c(Cl)c(C3(N)CCCC3)ccc21. The first-order chi connectivity index (χ1) is 8.12. The second-order valence-corrected chi connectivity index (χ2v) is 5.53. The van der Waals surface area contributed by atoms with Crippen molar-refractivity contribution in [1.82, 2.24) is 4.57 Å². The third-order valence-corrected chi connectivity index (χ3v) is 4.44. The van der Waals surface area contributed by atoms with E-state index in [1.165, 1.54) is 18.4 Å². The Morgan fingerprint density at radius 1 is 1.24 bits per heavy atom. The monoisotopic (exact) mass is 248 g/mol. The summed E-state index contributed by atoms with van der Waals surface area (Å²) in [7, 11) is 2.03. The fourth-order valence-electron chi connectivity index (χ4n) is 2.98. The molecule has 0 aliphatic heterocycles. The maximum absolute atomic E-state index is 6.53. The Bertz CT molecular complexity index is 565. The molecule has 0 bridgehead atoms. The first-order valence-electron chi connectivity index (χ1n) is 6.15. The van der Waals surface area contributed by atoms with Crippen molar-refractivity contribution in [3.63, 3.8) is 0 Å². The van der Waals surface area contributed by atoms with E-state index in [2.05, 4.69) is 22.8 Å². The molecule has 0 saturated heterocycles. The maximum Gasteiger partial charge on any atom is 0.0550 e. The molecule has 3 heteroatoms. The van der Waals surface area contributed by atoms with E-state index in [1.807, 2.05) is 13.2 Å². The van der Waals surface area contributed by atoms with Crippen molar-refractivity contribution in [1.29, 1.82) is 0 Å². The molecule has 1 aliphatic rings. The average Bonchev–Trinajstić information content (AvgIpc) is 2.88. The van der Waals surface area contributed by atoms with Gasteiger partial charge in [-0.15, -0.1) is 0 Å². The molecule has 2 nitrogen and oxygen atoms in total. The minimum absolute atomic E-state index is 0.207. The molecule has 0 spiro atoms. The van der Waals surface area contributed by atoms with Crippen LogP contribution < -0.4 is 5.73 Å². The quantitative estimate of drug-likeness (QED) is 0.822. The molecule has 0 unspecified atom stereocenters. The van der Waals surface area contributed by atoms with Crippen LogP contribution in [0.25, 0.3) is 10.9 Å². The minimum atomic E-state index is -0.207. The molecule has 0 radical (unpaired) electrons. The van der Waals surface area contributed by atoms with Gasteiger partial charge in [0.15, 0.2) is 0 Å². The van der Waals surface area contributed by atoms with Crippen LogP contribution in [0.5, 0.6) is 0 Å². The van der Waals surface area contributed by atoms with Crippen molar-refractivity contribution < 1.29 is 0 Å². The zero-order valence-corrected chi connectivity index (χ0v) is 10.8. The normalized spacial score (nSPS) is 19.0. The molecule has 1 aromatic carbocycles. The number of nitrogens with two attached hydrogens (primary N) is 1. The number of halogens is 1.